The Morgan fingerprint density at radius 3 is 2.67 bits per heavy atom. The second kappa shape index (κ2) is 9.02. The number of piperidine rings is 1. The molecule has 33 heavy (non-hydrogen) atoms. The first-order valence-electron chi connectivity index (χ1n) is 10.8. The zero-order valence-electron chi connectivity index (χ0n) is 18.3. The van der Waals surface area contributed by atoms with E-state index in [2.05, 4.69) is 4.98 Å². The van der Waals surface area contributed by atoms with Crippen LogP contribution < -0.4 is 4.90 Å². The second-order valence-electron chi connectivity index (χ2n) is 8.77. The molecule has 174 valence electrons. The molecule has 6 nitrogen and oxygen atoms in total. The van der Waals surface area contributed by atoms with Gasteiger partial charge in [0.1, 0.15) is 0 Å². The zero-order chi connectivity index (χ0) is 23.6. The molecule has 1 aromatic heterocycles. The van der Waals surface area contributed by atoms with Gasteiger partial charge in [0.05, 0.1) is 29.4 Å². The number of rotatable bonds is 4. The molecule has 9 heteroatoms. The number of carbonyl (C=O) groups is 1. The monoisotopic (exact) mass is 458 g/mol. The number of nitrogens with zero attached hydrogens (tertiary/aromatic N) is 4. The third-order valence-corrected chi connectivity index (χ3v) is 6.93. The Morgan fingerprint density at radius 2 is 2.06 bits per heavy atom. The van der Waals surface area contributed by atoms with Gasteiger partial charge in [-0.2, -0.15) is 18.4 Å². The summed E-state index contributed by atoms with van der Waals surface area (Å²) < 4.78 is 45.9. The molecule has 4 rings (SSSR count). The minimum absolute atomic E-state index is 0.0574. The highest BCUT2D eigenvalue weighted by Gasteiger charge is 2.49. The Labute approximate surface area is 190 Å². The molecular weight excluding hydrogens is 433 g/mol. The highest BCUT2D eigenvalue weighted by atomic mass is 19.4. The van der Waals surface area contributed by atoms with Gasteiger partial charge in [-0.15, -0.1) is 0 Å². The molecule has 1 atom stereocenters. The minimum Gasteiger partial charge on any atom is -0.384 e. The number of ether oxygens (including phenoxy) is 1. The van der Waals surface area contributed by atoms with Crippen molar-refractivity contribution < 1.29 is 22.7 Å². The molecule has 2 aliphatic heterocycles. The summed E-state index contributed by atoms with van der Waals surface area (Å²) in [5.41, 5.74) is -0.451. The SMILES string of the molecule is COCC1CN(c2ccc(C#N)c(C(F)(F)F)c2)CC12CCN(C(=O)c1cccnc1)CC2. The molecule has 2 saturated heterocycles. The molecule has 1 spiro atoms. The van der Waals surface area contributed by atoms with Gasteiger partial charge in [-0.25, -0.2) is 0 Å². The van der Waals surface area contributed by atoms with Crippen LogP contribution in [0.1, 0.15) is 34.3 Å². The zero-order valence-corrected chi connectivity index (χ0v) is 18.3. The number of hydrogen-bond donors (Lipinski definition) is 0. The highest BCUT2D eigenvalue weighted by Crippen LogP contribution is 2.47. The Hall–Kier alpha value is -3.12. The summed E-state index contributed by atoms with van der Waals surface area (Å²) in [4.78, 5) is 20.6. The molecule has 2 aliphatic rings. The van der Waals surface area contributed by atoms with Gasteiger partial charge < -0.3 is 14.5 Å². The smallest absolute Gasteiger partial charge is 0.384 e. The van der Waals surface area contributed by atoms with Gasteiger partial charge in [-0.1, -0.05) is 0 Å². The van der Waals surface area contributed by atoms with E-state index in [1.807, 2.05) is 9.80 Å². The Balaban J connectivity index is 1.54. The molecule has 0 aliphatic carbocycles. The maximum Gasteiger partial charge on any atom is 0.417 e. The van der Waals surface area contributed by atoms with E-state index in [1.54, 1.807) is 43.8 Å². The molecule has 0 saturated carbocycles. The molecule has 2 aromatic rings. The topological polar surface area (TPSA) is 69.5 Å². The number of methoxy groups -OCH3 is 1. The van der Waals surface area contributed by atoms with Gasteiger partial charge in [0, 0.05) is 57.3 Å². The lowest BCUT2D eigenvalue weighted by atomic mass is 9.71. The van der Waals surface area contributed by atoms with Crippen LogP contribution in [0.15, 0.2) is 42.7 Å². The summed E-state index contributed by atoms with van der Waals surface area (Å²) >= 11 is 0. The number of amides is 1. The highest BCUT2D eigenvalue weighted by molar-refractivity contribution is 5.93. The maximum atomic E-state index is 13.5. The van der Waals surface area contributed by atoms with Crippen molar-refractivity contribution in [2.75, 3.05) is 44.8 Å². The van der Waals surface area contributed by atoms with Crippen LogP contribution in [0.2, 0.25) is 0 Å². The average Bonchev–Trinajstić information content (AvgIpc) is 3.16. The average molecular weight is 458 g/mol. The first-order valence-corrected chi connectivity index (χ1v) is 10.8. The number of halogens is 3. The molecule has 0 N–H and O–H groups in total. The lowest BCUT2D eigenvalue weighted by molar-refractivity contribution is -0.137. The van der Waals surface area contributed by atoms with Crippen LogP contribution in [-0.4, -0.2) is 55.7 Å². The summed E-state index contributed by atoms with van der Waals surface area (Å²) in [5.74, 6) is 0.0705. The van der Waals surface area contributed by atoms with Crippen LogP contribution in [0.5, 0.6) is 0 Å². The van der Waals surface area contributed by atoms with Crippen LogP contribution in [0.4, 0.5) is 18.9 Å². The predicted molar refractivity (Wildman–Crippen MR) is 116 cm³/mol. The largest absolute Gasteiger partial charge is 0.417 e. The van der Waals surface area contributed by atoms with Crippen molar-refractivity contribution in [2.24, 2.45) is 11.3 Å². The molecule has 3 heterocycles. The van der Waals surface area contributed by atoms with Gasteiger partial charge in [0.2, 0.25) is 0 Å². The van der Waals surface area contributed by atoms with E-state index in [-0.39, 0.29) is 22.8 Å². The number of anilines is 1. The predicted octanol–water partition coefficient (Wildman–Crippen LogP) is 3.98. The minimum atomic E-state index is -4.59. The number of benzene rings is 1. The van der Waals surface area contributed by atoms with Crippen LogP contribution in [0.3, 0.4) is 0 Å². The van der Waals surface area contributed by atoms with Crippen LogP contribution in [-0.2, 0) is 10.9 Å². The summed E-state index contributed by atoms with van der Waals surface area (Å²) in [6.07, 6.45) is 0.0684. The fourth-order valence-corrected chi connectivity index (χ4v) is 5.12. The van der Waals surface area contributed by atoms with Crippen molar-refractivity contribution in [2.45, 2.75) is 19.0 Å². The quantitative estimate of drug-likeness (QED) is 0.693. The second-order valence-corrected chi connectivity index (χ2v) is 8.77. The number of carbonyl (C=O) groups excluding carboxylic acids is 1. The number of hydrogen-bond acceptors (Lipinski definition) is 5. The number of likely N-dealkylation sites (tertiary alicyclic amines) is 1. The van der Waals surface area contributed by atoms with Gasteiger partial charge in [0.15, 0.2) is 0 Å². The van der Waals surface area contributed by atoms with Crippen molar-refractivity contribution >= 4 is 11.6 Å². The van der Waals surface area contributed by atoms with Crippen LogP contribution >= 0.6 is 0 Å². The van der Waals surface area contributed by atoms with Gasteiger partial charge in [0.25, 0.3) is 5.91 Å². The van der Waals surface area contributed by atoms with E-state index in [0.717, 1.165) is 18.9 Å². The first-order chi connectivity index (χ1) is 15.8. The Bertz CT molecular complexity index is 1040. The van der Waals surface area contributed by atoms with Gasteiger partial charge in [-0.3, -0.25) is 9.78 Å². The van der Waals surface area contributed by atoms with Crippen molar-refractivity contribution in [3.8, 4) is 6.07 Å². The van der Waals surface area contributed by atoms with Crippen LogP contribution in [0, 0.1) is 22.7 Å². The molecule has 0 radical (unpaired) electrons. The number of aromatic nitrogens is 1. The van der Waals surface area contributed by atoms with Gasteiger partial charge in [-0.05, 0) is 48.6 Å². The van der Waals surface area contributed by atoms with E-state index in [1.165, 1.54) is 6.07 Å². The van der Waals surface area contributed by atoms with Crippen molar-refractivity contribution in [3.05, 3.63) is 59.4 Å². The fourth-order valence-electron chi connectivity index (χ4n) is 5.12. The lowest BCUT2D eigenvalue weighted by Crippen LogP contribution is -2.47. The molecule has 1 unspecified atom stereocenters. The van der Waals surface area contributed by atoms with E-state index in [0.29, 0.717) is 44.0 Å². The van der Waals surface area contributed by atoms with E-state index in [9.17, 15) is 18.0 Å². The molecule has 1 amide bonds. The standard InChI is InChI=1S/C24H25F3N4O2/c1-33-15-19-14-31(20-5-4-17(12-28)21(11-20)24(25,26)27)16-23(19)6-9-30(10-7-23)22(32)18-3-2-8-29-13-18/h2-5,8,11,13,19H,6-7,9-10,14-16H2,1H3. The third kappa shape index (κ3) is 4.53. The lowest BCUT2D eigenvalue weighted by Gasteiger charge is -2.42. The van der Waals surface area contributed by atoms with E-state index in [4.69, 9.17) is 10.00 Å². The van der Waals surface area contributed by atoms with Gasteiger partial charge >= 0.3 is 6.18 Å². The Kier molecular flexibility index (Phi) is 6.30. The van der Waals surface area contributed by atoms with E-state index >= 15 is 0 Å². The molecule has 0 bridgehead atoms. The molecule has 2 fully saturated rings. The third-order valence-electron chi connectivity index (χ3n) is 6.93. The fraction of sp³-hybridized carbons (Fsp3) is 0.458. The summed E-state index contributed by atoms with van der Waals surface area (Å²) in [7, 11) is 1.63. The van der Waals surface area contributed by atoms with Crippen molar-refractivity contribution in [1.29, 1.82) is 5.26 Å². The number of nitriles is 1. The summed E-state index contributed by atoms with van der Waals surface area (Å²) in [6.45, 7) is 2.79. The van der Waals surface area contributed by atoms with E-state index < -0.39 is 11.7 Å². The van der Waals surface area contributed by atoms with Crippen molar-refractivity contribution in [1.82, 2.24) is 9.88 Å². The van der Waals surface area contributed by atoms with Crippen molar-refractivity contribution in [3.63, 3.8) is 0 Å². The Morgan fingerprint density at radius 1 is 1.30 bits per heavy atom. The normalized spacial score (nSPS) is 20.2. The number of pyridine rings is 1. The summed E-state index contributed by atoms with van der Waals surface area (Å²) in [6, 6.07) is 9.00. The maximum absolute atomic E-state index is 13.5. The first kappa shape index (κ1) is 23.1. The summed E-state index contributed by atoms with van der Waals surface area (Å²) in [5, 5.41) is 9.08. The van der Waals surface area contributed by atoms with Crippen LogP contribution in [0.25, 0.3) is 0 Å². The molecular formula is C24H25F3N4O2. The molecule has 1 aromatic carbocycles. The number of alkyl halides is 3.